The summed E-state index contributed by atoms with van der Waals surface area (Å²) in [6.45, 7) is 0. The molecule has 0 nitrogen and oxygen atoms in total. The predicted molar refractivity (Wildman–Crippen MR) is 131 cm³/mol. The Hall–Kier alpha value is -1.93. The number of hydrogen-bond donors (Lipinski definition) is 1. The van der Waals surface area contributed by atoms with Crippen molar-refractivity contribution >= 4 is 49.3 Å². The van der Waals surface area contributed by atoms with Crippen molar-refractivity contribution in [1.29, 1.82) is 0 Å². The summed E-state index contributed by atoms with van der Waals surface area (Å²) in [6.07, 6.45) is 0.625. The van der Waals surface area contributed by atoms with Gasteiger partial charge in [-0.2, -0.15) is 0 Å². The van der Waals surface area contributed by atoms with Crippen LogP contribution in [-0.4, -0.2) is 0 Å². The van der Waals surface area contributed by atoms with Crippen molar-refractivity contribution in [2.45, 2.75) is 11.1 Å². The Labute approximate surface area is 184 Å². The van der Waals surface area contributed by atoms with E-state index in [-0.39, 0.29) is 5.82 Å². The average Bonchev–Trinajstić information content (AvgIpc) is 2.78. The van der Waals surface area contributed by atoms with Crippen molar-refractivity contribution in [3.63, 3.8) is 0 Å². The number of rotatable bonds is 5. The molecule has 0 saturated carbocycles. The van der Waals surface area contributed by atoms with Gasteiger partial charge in [0.2, 0.25) is 0 Å². The van der Waals surface area contributed by atoms with Crippen molar-refractivity contribution in [2.75, 3.05) is 0 Å². The van der Waals surface area contributed by atoms with E-state index in [2.05, 4.69) is 101 Å². The van der Waals surface area contributed by atoms with Gasteiger partial charge in [0.15, 0.2) is 0 Å². The summed E-state index contributed by atoms with van der Waals surface area (Å²) in [5.41, 5.74) is 0.888. The second-order valence-electron chi connectivity index (χ2n) is 7.12. The summed E-state index contributed by atoms with van der Waals surface area (Å²) >= 11 is 9.05. The van der Waals surface area contributed by atoms with Crippen LogP contribution in [0, 0.1) is 5.82 Å². The molecule has 0 saturated heterocycles. The van der Waals surface area contributed by atoms with Crippen LogP contribution in [0.25, 0.3) is 0 Å². The molecule has 0 aromatic heterocycles. The van der Waals surface area contributed by atoms with Gasteiger partial charge < -0.3 is 0 Å². The Morgan fingerprint density at radius 2 is 1.07 bits per heavy atom. The number of thiol groups is 1. The van der Waals surface area contributed by atoms with Crippen LogP contribution in [0.1, 0.15) is 5.56 Å². The van der Waals surface area contributed by atoms with E-state index in [4.69, 9.17) is 0 Å². The molecular weight excluding hydrogens is 462 g/mol. The van der Waals surface area contributed by atoms with Crippen LogP contribution >= 0.6 is 33.4 Å². The van der Waals surface area contributed by atoms with Gasteiger partial charge in [0.25, 0.3) is 0 Å². The normalized spacial score (nSPS) is 12.9. The van der Waals surface area contributed by atoms with Gasteiger partial charge >= 0.3 is 185 Å². The molecule has 0 aliphatic rings. The molecular formula is C25H21BrFPS. The summed E-state index contributed by atoms with van der Waals surface area (Å²) in [5, 5.41) is 0.466. The van der Waals surface area contributed by atoms with Gasteiger partial charge in [0, 0.05) is 0 Å². The van der Waals surface area contributed by atoms with Gasteiger partial charge in [-0.25, -0.2) is 0 Å². The second-order valence-corrected chi connectivity index (χ2v) is 16.5. The third kappa shape index (κ3) is 3.57. The zero-order valence-electron chi connectivity index (χ0n) is 15.7. The molecule has 0 atom stereocenters. The molecule has 0 spiro atoms. The van der Waals surface area contributed by atoms with E-state index in [0.29, 0.717) is 6.16 Å². The summed E-state index contributed by atoms with van der Waals surface area (Å²) in [6, 6.07) is 36.3. The second kappa shape index (κ2) is 8.07. The Kier molecular flexibility index (Phi) is 5.66. The third-order valence-corrected chi connectivity index (χ3v) is 15.3. The van der Waals surface area contributed by atoms with E-state index in [9.17, 15) is 4.39 Å². The molecule has 0 aliphatic carbocycles. The van der Waals surface area contributed by atoms with Crippen molar-refractivity contribution in [3.05, 3.63) is 121 Å². The van der Waals surface area contributed by atoms with E-state index in [1.54, 1.807) is 12.1 Å². The Morgan fingerprint density at radius 1 is 0.655 bits per heavy atom. The standard InChI is InChI=1S/C25H21BrFPS/c26-28(22-10-4-1-5-11-22,23-12-6-2-7-13-23,24-14-8-3-9-15-24)19-20-18-21(27)16-17-25(20)29/h1-18,29H,19H2. The maximum absolute atomic E-state index is 14.2. The zero-order valence-corrected chi connectivity index (χ0v) is 19.1. The van der Waals surface area contributed by atoms with Crippen LogP contribution in [0.15, 0.2) is 114 Å². The zero-order chi connectivity index (χ0) is 20.3. The molecule has 146 valence electrons. The van der Waals surface area contributed by atoms with Gasteiger partial charge in [-0.1, -0.05) is 0 Å². The van der Waals surface area contributed by atoms with E-state index < -0.39 is 5.31 Å². The molecule has 29 heavy (non-hydrogen) atoms. The molecule has 4 aromatic carbocycles. The minimum absolute atomic E-state index is 0.246. The first-order valence-electron chi connectivity index (χ1n) is 9.39. The van der Waals surface area contributed by atoms with Crippen LogP contribution in [0.4, 0.5) is 4.39 Å². The van der Waals surface area contributed by atoms with Crippen LogP contribution in [-0.2, 0) is 6.16 Å². The van der Waals surface area contributed by atoms with Crippen molar-refractivity contribution in [2.24, 2.45) is 0 Å². The van der Waals surface area contributed by atoms with E-state index in [1.165, 1.54) is 22.0 Å². The fraction of sp³-hybridized carbons (Fsp3) is 0.0400. The first kappa shape index (κ1) is 20.3. The van der Waals surface area contributed by atoms with Crippen LogP contribution < -0.4 is 15.9 Å². The Bertz CT molecular complexity index is 1020. The molecule has 0 heterocycles. The molecule has 0 amide bonds. The average molecular weight is 483 g/mol. The monoisotopic (exact) mass is 482 g/mol. The summed E-state index contributed by atoms with van der Waals surface area (Å²) < 4.78 is 14.2. The molecule has 0 N–H and O–H groups in total. The Balaban J connectivity index is 2.11. The fourth-order valence-electron chi connectivity index (χ4n) is 3.94. The third-order valence-electron chi connectivity index (χ3n) is 5.39. The molecule has 4 rings (SSSR count). The van der Waals surface area contributed by atoms with Gasteiger partial charge in [0.1, 0.15) is 0 Å². The fourth-order valence-corrected chi connectivity index (χ4v) is 11.9. The number of benzene rings is 4. The molecule has 4 heteroatoms. The van der Waals surface area contributed by atoms with Gasteiger partial charge in [-0.15, -0.1) is 0 Å². The molecule has 0 aliphatic heterocycles. The number of halogens is 2. The molecule has 0 unspecified atom stereocenters. The van der Waals surface area contributed by atoms with Gasteiger partial charge in [-0.05, 0) is 0 Å². The first-order chi connectivity index (χ1) is 14.0. The van der Waals surface area contributed by atoms with Crippen molar-refractivity contribution < 1.29 is 4.39 Å². The molecule has 0 radical (unpaired) electrons. The molecule has 0 fully saturated rings. The van der Waals surface area contributed by atoms with Gasteiger partial charge in [-0.3, -0.25) is 0 Å². The minimum atomic E-state index is -3.14. The number of hydrogen-bond acceptors (Lipinski definition) is 1. The topological polar surface area (TPSA) is 0 Å². The summed E-state index contributed by atoms with van der Waals surface area (Å²) in [5.74, 6) is -0.246. The van der Waals surface area contributed by atoms with E-state index in [1.807, 2.05) is 18.2 Å². The summed E-state index contributed by atoms with van der Waals surface area (Å²) in [7, 11) is 0. The maximum atomic E-state index is 14.2. The quantitative estimate of drug-likeness (QED) is 0.245. The van der Waals surface area contributed by atoms with E-state index >= 15 is 0 Å². The van der Waals surface area contributed by atoms with E-state index in [0.717, 1.165) is 10.5 Å². The predicted octanol–water partition coefficient (Wildman–Crippen LogP) is 6.45. The Morgan fingerprint density at radius 3 is 1.48 bits per heavy atom. The van der Waals surface area contributed by atoms with Crippen molar-refractivity contribution in [3.8, 4) is 0 Å². The van der Waals surface area contributed by atoms with Crippen LogP contribution in [0.3, 0.4) is 0 Å². The van der Waals surface area contributed by atoms with Crippen molar-refractivity contribution in [1.82, 2.24) is 0 Å². The molecule has 4 aromatic rings. The van der Waals surface area contributed by atoms with Gasteiger partial charge in [0.05, 0.1) is 0 Å². The first-order valence-corrected chi connectivity index (χ1v) is 14.3. The molecule has 0 bridgehead atoms. The summed E-state index contributed by atoms with van der Waals surface area (Å²) in [4.78, 5) is 0.794. The SMILES string of the molecule is Fc1ccc(S)c(CP(Br)(c2ccccc2)(c2ccccc2)c2ccccc2)c1. The van der Waals surface area contributed by atoms with Crippen LogP contribution in [0.2, 0.25) is 0 Å². The van der Waals surface area contributed by atoms with Crippen LogP contribution in [0.5, 0.6) is 0 Å².